The first-order valence-electron chi connectivity index (χ1n) is 4.06. The minimum Gasteiger partial charge on any atom is -0.393 e. The topological polar surface area (TPSA) is 66.5 Å². The fourth-order valence-electron chi connectivity index (χ4n) is 0.734. The molecule has 0 spiro atoms. The first-order chi connectivity index (χ1) is 4.95. The minimum atomic E-state index is -0.590. The van der Waals surface area contributed by atoms with Crippen LogP contribution in [-0.4, -0.2) is 28.5 Å². The molecule has 11 heavy (non-hydrogen) atoms. The van der Waals surface area contributed by atoms with Crippen LogP contribution in [0.1, 0.15) is 27.2 Å². The molecule has 0 fully saturated rings. The van der Waals surface area contributed by atoms with Crippen molar-refractivity contribution >= 4 is 0 Å². The molecule has 0 aliphatic rings. The summed E-state index contributed by atoms with van der Waals surface area (Å²) in [5, 5.41) is 18.6. The second-order valence-electron chi connectivity index (χ2n) is 3.47. The Bertz CT molecular complexity index is 92.3. The summed E-state index contributed by atoms with van der Waals surface area (Å²) in [5.41, 5.74) is 5.42. The fourth-order valence-corrected chi connectivity index (χ4v) is 0.734. The second-order valence-corrected chi connectivity index (χ2v) is 3.47. The minimum absolute atomic E-state index is 0.184. The van der Waals surface area contributed by atoms with E-state index in [0.29, 0.717) is 6.42 Å². The predicted octanol–water partition coefficient (Wildman–Crippen LogP) is 0.102. The van der Waals surface area contributed by atoms with Gasteiger partial charge in [-0.1, -0.05) is 13.8 Å². The van der Waals surface area contributed by atoms with E-state index in [9.17, 15) is 10.2 Å². The molecular formula is C8H19NO2. The molecule has 0 aliphatic carbocycles. The van der Waals surface area contributed by atoms with Crippen LogP contribution < -0.4 is 5.73 Å². The molecule has 0 saturated heterocycles. The Morgan fingerprint density at radius 1 is 1.09 bits per heavy atom. The van der Waals surface area contributed by atoms with Gasteiger partial charge >= 0.3 is 0 Å². The van der Waals surface area contributed by atoms with E-state index < -0.39 is 12.2 Å². The summed E-state index contributed by atoms with van der Waals surface area (Å²) < 4.78 is 0. The lowest BCUT2D eigenvalue weighted by Crippen LogP contribution is -2.35. The van der Waals surface area contributed by atoms with Gasteiger partial charge in [0, 0.05) is 12.5 Å². The summed E-state index contributed by atoms with van der Waals surface area (Å²) in [6.07, 6.45) is -0.668. The van der Waals surface area contributed by atoms with E-state index in [1.165, 1.54) is 0 Å². The normalized spacial score (nSPS) is 19.9. The van der Waals surface area contributed by atoms with Crippen molar-refractivity contribution in [3.8, 4) is 0 Å². The van der Waals surface area contributed by atoms with Gasteiger partial charge in [-0.05, 0) is 12.8 Å². The van der Waals surface area contributed by atoms with Crippen molar-refractivity contribution in [1.29, 1.82) is 0 Å². The molecule has 3 atom stereocenters. The summed E-state index contributed by atoms with van der Waals surface area (Å²) in [4.78, 5) is 0. The molecule has 0 aromatic carbocycles. The fraction of sp³-hybridized carbons (Fsp3) is 1.00. The summed E-state index contributed by atoms with van der Waals surface area (Å²) in [5.74, 6) is 0.184. The Kier molecular flexibility index (Phi) is 4.65. The van der Waals surface area contributed by atoms with E-state index in [0.717, 1.165) is 0 Å². The van der Waals surface area contributed by atoms with Crippen LogP contribution in [-0.2, 0) is 0 Å². The summed E-state index contributed by atoms with van der Waals surface area (Å²) in [7, 11) is 0. The highest BCUT2D eigenvalue weighted by atomic mass is 16.3. The number of rotatable bonds is 4. The predicted molar refractivity (Wildman–Crippen MR) is 45.1 cm³/mol. The smallest absolute Gasteiger partial charge is 0.0713 e. The van der Waals surface area contributed by atoms with E-state index in [4.69, 9.17) is 5.73 Å². The quantitative estimate of drug-likeness (QED) is 0.548. The summed E-state index contributed by atoms with van der Waals surface area (Å²) >= 11 is 0. The van der Waals surface area contributed by atoms with Gasteiger partial charge in [0.1, 0.15) is 0 Å². The van der Waals surface area contributed by atoms with Crippen molar-refractivity contribution in [2.45, 2.75) is 45.4 Å². The molecule has 0 unspecified atom stereocenters. The van der Waals surface area contributed by atoms with Crippen molar-refractivity contribution < 1.29 is 10.2 Å². The molecule has 4 N–H and O–H groups in total. The van der Waals surface area contributed by atoms with Gasteiger partial charge < -0.3 is 15.9 Å². The van der Waals surface area contributed by atoms with Crippen molar-refractivity contribution in [3.05, 3.63) is 0 Å². The van der Waals surface area contributed by atoms with Crippen LogP contribution in [0.15, 0.2) is 0 Å². The highest BCUT2D eigenvalue weighted by molar-refractivity contribution is 4.72. The number of nitrogens with two attached hydrogens (primary N) is 1. The van der Waals surface area contributed by atoms with Gasteiger partial charge in [-0.2, -0.15) is 0 Å². The lowest BCUT2D eigenvalue weighted by Gasteiger charge is -2.20. The molecular weight excluding hydrogens is 142 g/mol. The Balaban J connectivity index is 3.66. The monoisotopic (exact) mass is 161 g/mol. The Hall–Kier alpha value is -0.120. The molecule has 0 radical (unpaired) electrons. The molecule has 0 aromatic rings. The van der Waals surface area contributed by atoms with E-state index in [1.54, 1.807) is 6.92 Å². The highest BCUT2D eigenvalue weighted by Gasteiger charge is 2.17. The van der Waals surface area contributed by atoms with E-state index in [2.05, 4.69) is 0 Å². The van der Waals surface area contributed by atoms with Crippen LogP contribution in [0.2, 0.25) is 0 Å². The molecule has 0 aliphatic heterocycles. The van der Waals surface area contributed by atoms with Crippen LogP contribution in [0.3, 0.4) is 0 Å². The summed E-state index contributed by atoms with van der Waals surface area (Å²) in [6.45, 7) is 5.56. The van der Waals surface area contributed by atoms with E-state index in [-0.39, 0.29) is 12.0 Å². The van der Waals surface area contributed by atoms with Gasteiger partial charge in [0.15, 0.2) is 0 Å². The van der Waals surface area contributed by atoms with Crippen LogP contribution in [0.5, 0.6) is 0 Å². The Morgan fingerprint density at radius 2 is 1.55 bits per heavy atom. The molecule has 68 valence electrons. The zero-order chi connectivity index (χ0) is 9.02. The molecule has 0 aromatic heterocycles. The van der Waals surface area contributed by atoms with Crippen LogP contribution >= 0.6 is 0 Å². The van der Waals surface area contributed by atoms with Gasteiger partial charge in [-0.3, -0.25) is 0 Å². The third kappa shape index (κ3) is 4.35. The average molecular weight is 161 g/mol. The third-order valence-corrected chi connectivity index (χ3v) is 1.86. The van der Waals surface area contributed by atoms with Crippen molar-refractivity contribution in [3.63, 3.8) is 0 Å². The van der Waals surface area contributed by atoms with Crippen LogP contribution in [0, 0.1) is 5.92 Å². The molecule has 0 heterocycles. The molecule has 0 saturated carbocycles. The van der Waals surface area contributed by atoms with Crippen molar-refractivity contribution in [2.24, 2.45) is 11.7 Å². The van der Waals surface area contributed by atoms with Crippen molar-refractivity contribution in [2.75, 3.05) is 0 Å². The number of hydrogen-bond donors (Lipinski definition) is 3. The first kappa shape index (κ1) is 10.9. The van der Waals surface area contributed by atoms with Crippen LogP contribution in [0.4, 0.5) is 0 Å². The average Bonchev–Trinajstić information content (AvgIpc) is 1.87. The zero-order valence-electron chi connectivity index (χ0n) is 7.49. The van der Waals surface area contributed by atoms with Gasteiger partial charge in [0.05, 0.1) is 12.2 Å². The van der Waals surface area contributed by atoms with Gasteiger partial charge in [-0.15, -0.1) is 0 Å². The lowest BCUT2D eigenvalue weighted by atomic mass is 9.98. The number of aliphatic hydroxyl groups is 2. The van der Waals surface area contributed by atoms with Crippen LogP contribution in [0.25, 0.3) is 0 Å². The largest absolute Gasteiger partial charge is 0.393 e. The molecule has 0 rings (SSSR count). The third-order valence-electron chi connectivity index (χ3n) is 1.86. The maximum absolute atomic E-state index is 9.33. The first-order valence-corrected chi connectivity index (χ1v) is 4.06. The lowest BCUT2D eigenvalue weighted by molar-refractivity contribution is 0.0446. The van der Waals surface area contributed by atoms with E-state index >= 15 is 0 Å². The zero-order valence-corrected chi connectivity index (χ0v) is 7.49. The molecule has 3 heteroatoms. The van der Waals surface area contributed by atoms with E-state index in [1.807, 2.05) is 13.8 Å². The number of hydrogen-bond acceptors (Lipinski definition) is 3. The molecule has 3 nitrogen and oxygen atoms in total. The standard InChI is InChI=1S/C8H19NO2/c1-5(2)7(10)4-8(11)6(3)9/h5-8,10-11H,4,9H2,1-3H3/t6-,7-,8+/m1/s1. The SMILES string of the molecule is CC(C)[C@H](O)C[C@H](O)[C@@H](C)N. The van der Waals surface area contributed by atoms with Crippen molar-refractivity contribution in [1.82, 2.24) is 0 Å². The summed E-state index contributed by atoms with van der Waals surface area (Å²) in [6, 6.07) is -0.261. The molecule has 0 amide bonds. The second kappa shape index (κ2) is 4.70. The highest BCUT2D eigenvalue weighted by Crippen LogP contribution is 2.09. The van der Waals surface area contributed by atoms with Gasteiger partial charge in [0.25, 0.3) is 0 Å². The Morgan fingerprint density at radius 3 is 1.82 bits per heavy atom. The number of aliphatic hydroxyl groups excluding tert-OH is 2. The Labute approximate surface area is 68.2 Å². The van der Waals surface area contributed by atoms with Gasteiger partial charge in [0.2, 0.25) is 0 Å². The maximum Gasteiger partial charge on any atom is 0.0713 e. The molecule has 0 bridgehead atoms. The maximum atomic E-state index is 9.33. The van der Waals surface area contributed by atoms with Gasteiger partial charge in [-0.25, -0.2) is 0 Å².